The van der Waals surface area contributed by atoms with Crippen LogP contribution in [0.4, 0.5) is 11.6 Å². The van der Waals surface area contributed by atoms with Crippen molar-refractivity contribution in [2.45, 2.75) is 6.54 Å². The summed E-state index contributed by atoms with van der Waals surface area (Å²) in [5.74, 6) is 1.14. The van der Waals surface area contributed by atoms with Crippen LogP contribution in [0.15, 0.2) is 36.7 Å². The molecule has 0 aliphatic heterocycles. The van der Waals surface area contributed by atoms with Gasteiger partial charge < -0.3 is 10.6 Å². The van der Waals surface area contributed by atoms with Crippen LogP contribution >= 0.6 is 0 Å². The van der Waals surface area contributed by atoms with Gasteiger partial charge in [-0.15, -0.1) is 0 Å². The van der Waals surface area contributed by atoms with Gasteiger partial charge in [-0.1, -0.05) is 12.1 Å². The van der Waals surface area contributed by atoms with Crippen LogP contribution in [0.2, 0.25) is 0 Å². The molecule has 2 aromatic rings. The zero-order chi connectivity index (χ0) is 13.0. The van der Waals surface area contributed by atoms with Crippen LogP contribution in [-0.2, 0) is 6.54 Å². The van der Waals surface area contributed by atoms with Gasteiger partial charge in [-0.05, 0) is 17.7 Å². The molecule has 0 unspecified atom stereocenters. The number of nitrogens with two attached hydrogens (primary N) is 1. The van der Waals surface area contributed by atoms with E-state index in [0.29, 0.717) is 17.9 Å². The highest BCUT2D eigenvalue weighted by molar-refractivity contribution is 5.40. The summed E-state index contributed by atoms with van der Waals surface area (Å²) in [5.41, 5.74) is 7.20. The number of aromatic nitrogens is 2. The maximum Gasteiger partial charge on any atom is 0.147 e. The minimum absolute atomic E-state index is 0.402. The Morgan fingerprint density at radius 3 is 2.83 bits per heavy atom. The van der Waals surface area contributed by atoms with E-state index in [1.807, 2.05) is 30.1 Å². The maximum absolute atomic E-state index is 8.84. The Kier molecular flexibility index (Phi) is 3.39. The second-order valence-corrected chi connectivity index (χ2v) is 3.97. The molecule has 0 saturated heterocycles. The highest BCUT2D eigenvalue weighted by Gasteiger charge is 2.04. The number of hydrogen-bond acceptors (Lipinski definition) is 5. The molecule has 1 aromatic carbocycles. The van der Waals surface area contributed by atoms with E-state index in [9.17, 15) is 0 Å². The third kappa shape index (κ3) is 2.74. The van der Waals surface area contributed by atoms with Crippen molar-refractivity contribution >= 4 is 11.6 Å². The van der Waals surface area contributed by atoms with Gasteiger partial charge in [0, 0.05) is 13.6 Å². The first-order chi connectivity index (χ1) is 8.69. The fourth-order valence-corrected chi connectivity index (χ4v) is 1.62. The van der Waals surface area contributed by atoms with Gasteiger partial charge in [0.1, 0.15) is 11.6 Å². The number of anilines is 2. The molecule has 0 spiro atoms. The zero-order valence-corrected chi connectivity index (χ0v) is 10.0. The molecule has 2 rings (SSSR count). The van der Waals surface area contributed by atoms with E-state index in [1.54, 1.807) is 12.3 Å². The van der Waals surface area contributed by atoms with E-state index in [2.05, 4.69) is 16.0 Å². The number of hydrogen-bond donors (Lipinski definition) is 1. The van der Waals surface area contributed by atoms with E-state index in [4.69, 9.17) is 11.0 Å². The van der Waals surface area contributed by atoms with Crippen molar-refractivity contribution in [3.8, 4) is 6.07 Å². The lowest BCUT2D eigenvalue weighted by molar-refractivity contribution is 0.891. The Labute approximate surface area is 106 Å². The van der Waals surface area contributed by atoms with Crippen molar-refractivity contribution in [1.82, 2.24) is 9.97 Å². The van der Waals surface area contributed by atoms with Crippen molar-refractivity contribution < 1.29 is 0 Å². The lowest BCUT2D eigenvalue weighted by Crippen LogP contribution is -2.18. The molecule has 0 atom stereocenters. The number of benzene rings is 1. The van der Waals surface area contributed by atoms with Crippen LogP contribution in [0.1, 0.15) is 11.1 Å². The zero-order valence-electron chi connectivity index (χ0n) is 10.0. The molecule has 5 heteroatoms. The van der Waals surface area contributed by atoms with Gasteiger partial charge >= 0.3 is 0 Å². The van der Waals surface area contributed by atoms with Gasteiger partial charge in [-0.3, -0.25) is 0 Å². The third-order valence-corrected chi connectivity index (χ3v) is 2.53. The molecule has 0 saturated carbocycles. The molecular weight excluding hydrogens is 226 g/mol. The van der Waals surface area contributed by atoms with E-state index >= 15 is 0 Å². The Morgan fingerprint density at radius 1 is 1.33 bits per heavy atom. The fourth-order valence-electron chi connectivity index (χ4n) is 1.62. The summed E-state index contributed by atoms with van der Waals surface area (Å²) < 4.78 is 0. The lowest BCUT2D eigenvalue weighted by Gasteiger charge is -2.17. The number of nitrogens with zero attached hydrogens (tertiary/aromatic N) is 4. The molecule has 18 heavy (non-hydrogen) atoms. The minimum atomic E-state index is 0.402. The summed E-state index contributed by atoms with van der Waals surface area (Å²) in [7, 11) is 1.92. The summed E-state index contributed by atoms with van der Waals surface area (Å²) >= 11 is 0. The smallest absolute Gasteiger partial charge is 0.147 e. The average molecular weight is 239 g/mol. The average Bonchev–Trinajstić information content (AvgIpc) is 2.39. The SMILES string of the molecule is CN(Cc1cccc(C#N)c1)c1cnc(N)cn1. The molecule has 2 N–H and O–H groups in total. The Balaban J connectivity index is 2.13. The first-order valence-electron chi connectivity index (χ1n) is 5.47. The van der Waals surface area contributed by atoms with E-state index in [1.165, 1.54) is 6.20 Å². The minimum Gasteiger partial charge on any atom is -0.382 e. The van der Waals surface area contributed by atoms with Crippen LogP contribution in [0, 0.1) is 11.3 Å². The largest absolute Gasteiger partial charge is 0.382 e. The normalized spacial score (nSPS) is 9.78. The van der Waals surface area contributed by atoms with Gasteiger partial charge in [0.05, 0.1) is 24.0 Å². The van der Waals surface area contributed by atoms with E-state index in [0.717, 1.165) is 11.4 Å². The monoisotopic (exact) mass is 239 g/mol. The molecule has 0 radical (unpaired) electrons. The van der Waals surface area contributed by atoms with Crippen LogP contribution in [0.5, 0.6) is 0 Å². The van der Waals surface area contributed by atoms with E-state index < -0.39 is 0 Å². The van der Waals surface area contributed by atoms with Crippen molar-refractivity contribution in [2.24, 2.45) is 0 Å². The Bertz CT molecular complexity index is 571. The first-order valence-corrected chi connectivity index (χ1v) is 5.47. The lowest BCUT2D eigenvalue weighted by atomic mass is 10.1. The molecule has 0 aliphatic rings. The maximum atomic E-state index is 8.84. The number of nitriles is 1. The predicted octanol–water partition coefficient (Wildman–Crippen LogP) is 1.57. The molecule has 0 amide bonds. The quantitative estimate of drug-likeness (QED) is 0.879. The first kappa shape index (κ1) is 11.9. The van der Waals surface area contributed by atoms with Gasteiger partial charge in [0.15, 0.2) is 0 Å². The molecule has 90 valence electrons. The molecular formula is C13H13N5. The number of nitrogen functional groups attached to an aromatic ring is 1. The molecule has 1 heterocycles. The summed E-state index contributed by atoms with van der Waals surface area (Å²) in [6.07, 6.45) is 3.15. The highest BCUT2D eigenvalue weighted by Crippen LogP contribution is 2.12. The van der Waals surface area contributed by atoms with Crippen molar-refractivity contribution in [1.29, 1.82) is 5.26 Å². The second kappa shape index (κ2) is 5.15. The summed E-state index contributed by atoms with van der Waals surface area (Å²) in [4.78, 5) is 10.1. The summed E-state index contributed by atoms with van der Waals surface area (Å²) in [5, 5.41) is 8.84. The molecule has 0 fully saturated rings. The van der Waals surface area contributed by atoms with E-state index in [-0.39, 0.29) is 0 Å². The molecule has 0 bridgehead atoms. The molecule has 0 aliphatic carbocycles. The van der Waals surface area contributed by atoms with Crippen LogP contribution in [0.25, 0.3) is 0 Å². The Morgan fingerprint density at radius 2 is 2.17 bits per heavy atom. The summed E-state index contributed by atoms with van der Waals surface area (Å²) in [6.45, 7) is 0.661. The molecule has 1 aromatic heterocycles. The van der Waals surface area contributed by atoms with Crippen molar-refractivity contribution in [3.05, 3.63) is 47.8 Å². The van der Waals surface area contributed by atoms with Crippen LogP contribution in [-0.4, -0.2) is 17.0 Å². The predicted molar refractivity (Wildman–Crippen MR) is 69.7 cm³/mol. The highest BCUT2D eigenvalue weighted by atomic mass is 15.2. The van der Waals surface area contributed by atoms with Crippen LogP contribution < -0.4 is 10.6 Å². The van der Waals surface area contributed by atoms with Gasteiger partial charge in [-0.25, -0.2) is 9.97 Å². The second-order valence-electron chi connectivity index (χ2n) is 3.97. The standard InChI is InChI=1S/C13H13N5/c1-18(13-8-16-12(15)7-17-13)9-11-4-2-3-10(5-11)6-14/h2-5,7-8H,9H2,1H3,(H2,15,16). The fraction of sp³-hybridized carbons (Fsp3) is 0.154. The van der Waals surface area contributed by atoms with Crippen LogP contribution in [0.3, 0.4) is 0 Å². The van der Waals surface area contributed by atoms with Crippen molar-refractivity contribution in [3.63, 3.8) is 0 Å². The Hall–Kier alpha value is -2.61. The van der Waals surface area contributed by atoms with Gasteiger partial charge in [0.2, 0.25) is 0 Å². The van der Waals surface area contributed by atoms with Crippen molar-refractivity contribution in [2.75, 3.05) is 17.7 Å². The topological polar surface area (TPSA) is 78.8 Å². The number of rotatable bonds is 3. The third-order valence-electron chi connectivity index (χ3n) is 2.53. The van der Waals surface area contributed by atoms with Gasteiger partial charge in [0.25, 0.3) is 0 Å². The summed E-state index contributed by atoms with van der Waals surface area (Å²) in [6, 6.07) is 9.62. The molecule has 5 nitrogen and oxygen atoms in total. The van der Waals surface area contributed by atoms with Gasteiger partial charge in [-0.2, -0.15) is 5.26 Å².